The van der Waals surface area contributed by atoms with E-state index in [0.29, 0.717) is 30.5 Å². The predicted octanol–water partition coefficient (Wildman–Crippen LogP) is 2.71. The molecule has 10 nitrogen and oxygen atoms in total. The average Bonchev–Trinajstić information content (AvgIpc) is 3.64. The van der Waals surface area contributed by atoms with Crippen molar-refractivity contribution in [1.82, 2.24) is 19.3 Å². The van der Waals surface area contributed by atoms with Gasteiger partial charge in [-0.2, -0.15) is 14.3 Å². The van der Waals surface area contributed by atoms with E-state index in [4.69, 9.17) is 9.72 Å². The van der Waals surface area contributed by atoms with Gasteiger partial charge in [-0.15, -0.1) is 0 Å². The Labute approximate surface area is 205 Å². The smallest absolute Gasteiger partial charge is 0.231 e. The molecule has 3 N–H and O–H groups in total. The van der Waals surface area contributed by atoms with Gasteiger partial charge in [-0.1, -0.05) is 0 Å². The number of anilines is 4. The number of sulfonamides is 1. The van der Waals surface area contributed by atoms with Crippen molar-refractivity contribution < 1.29 is 13.2 Å². The summed E-state index contributed by atoms with van der Waals surface area (Å²) in [6, 6.07) is 11.4. The number of nitrogens with one attached hydrogen (secondary N) is 3. The monoisotopic (exact) mass is 496 g/mol. The summed E-state index contributed by atoms with van der Waals surface area (Å²) in [5.41, 5.74) is 2.73. The second-order valence-corrected chi connectivity index (χ2v) is 11.6. The SMILES string of the molecule is O=S(=O)(C1CC1)N1CCC[C@H](Nc2nc(Nc3ccc(N4CCOCC4)cc3)nc3[nH]c[c]c23)C1. The van der Waals surface area contributed by atoms with E-state index in [2.05, 4.69) is 43.7 Å². The molecular formula is C24H30N7O3S. The lowest BCUT2D eigenvalue weighted by atomic mass is 10.1. The number of piperidine rings is 1. The highest BCUT2D eigenvalue weighted by Gasteiger charge is 2.41. The Morgan fingerprint density at radius 3 is 2.63 bits per heavy atom. The minimum atomic E-state index is -3.18. The first-order valence-electron chi connectivity index (χ1n) is 12.3. The Morgan fingerprint density at radius 2 is 1.86 bits per heavy atom. The molecule has 3 aromatic rings. The number of hydrogen-bond donors (Lipinski definition) is 3. The fourth-order valence-corrected chi connectivity index (χ4v) is 6.73. The van der Waals surface area contributed by atoms with Gasteiger partial charge in [0.2, 0.25) is 16.0 Å². The van der Waals surface area contributed by atoms with E-state index >= 15 is 0 Å². The standard InChI is InChI=1S/C24H30N7O3S/c32-35(33,20-7-8-20)31-11-1-2-18(16-31)26-23-21-9-10-25-22(21)28-24(29-23)27-17-3-5-19(6-4-17)30-12-14-34-15-13-30/h3-6,10,18,20H,1-2,7-8,11-16H2,(H3,25,26,27,28,29)/t18-/m0/s1. The summed E-state index contributed by atoms with van der Waals surface area (Å²) in [5.74, 6) is 1.12. The lowest BCUT2D eigenvalue weighted by Gasteiger charge is -2.32. The van der Waals surface area contributed by atoms with Crippen LogP contribution in [0, 0.1) is 6.07 Å². The maximum Gasteiger partial charge on any atom is 0.231 e. The fourth-order valence-electron chi connectivity index (χ4n) is 4.81. The van der Waals surface area contributed by atoms with Crippen LogP contribution in [-0.4, -0.2) is 78.4 Å². The Hall–Kier alpha value is -2.89. The van der Waals surface area contributed by atoms with E-state index in [1.54, 1.807) is 10.5 Å². The van der Waals surface area contributed by atoms with Crippen molar-refractivity contribution in [1.29, 1.82) is 0 Å². The van der Waals surface area contributed by atoms with E-state index in [0.717, 1.165) is 63.1 Å². The van der Waals surface area contributed by atoms with Gasteiger partial charge in [0.1, 0.15) is 11.5 Å². The number of ether oxygens (including phenoxy) is 1. The second-order valence-electron chi connectivity index (χ2n) is 9.41. The average molecular weight is 497 g/mol. The molecule has 1 saturated carbocycles. The lowest BCUT2D eigenvalue weighted by Crippen LogP contribution is -2.46. The number of morpholine rings is 1. The number of hydrogen-bond acceptors (Lipinski definition) is 8. The van der Waals surface area contributed by atoms with E-state index < -0.39 is 10.0 Å². The molecule has 2 aromatic heterocycles. The predicted molar refractivity (Wildman–Crippen MR) is 136 cm³/mol. The highest BCUT2D eigenvalue weighted by Crippen LogP contribution is 2.33. The third-order valence-electron chi connectivity index (χ3n) is 6.86. The molecule has 4 heterocycles. The van der Waals surface area contributed by atoms with E-state index in [1.807, 2.05) is 12.1 Å². The zero-order valence-electron chi connectivity index (χ0n) is 19.5. The van der Waals surface area contributed by atoms with Gasteiger partial charge in [0, 0.05) is 55.9 Å². The molecule has 0 spiro atoms. The van der Waals surface area contributed by atoms with Crippen LogP contribution in [0.25, 0.3) is 11.0 Å². The molecule has 2 aliphatic heterocycles. The van der Waals surface area contributed by atoms with Gasteiger partial charge in [0.25, 0.3) is 0 Å². The van der Waals surface area contributed by atoms with Crippen LogP contribution in [0.1, 0.15) is 25.7 Å². The first kappa shape index (κ1) is 22.6. The number of aromatic amines is 1. The van der Waals surface area contributed by atoms with Gasteiger partial charge in [0.05, 0.1) is 23.8 Å². The van der Waals surface area contributed by atoms with Gasteiger partial charge >= 0.3 is 0 Å². The molecule has 1 atom stereocenters. The van der Waals surface area contributed by atoms with E-state index in [-0.39, 0.29) is 11.3 Å². The summed E-state index contributed by atoms with van der Waals surface area (Å²) >= 11 is 0. The van der Waals surface area contributed by atoms with Crippen LogP contribution in [0.15, 0.2) is 30.5 Å². The van der Waals surface area contributed by atoms with E-state index in [9.17, 15) is 8.42 Å². The molecule has 0 amide bonds. The Kier molecular flexibility index (Phi) is 5.99. The summed E-state index contributed by atoms with van der Waals surface area (Å²) in [6.07, 6.45) is 5.00. The number of fused-ring (bicyclic) bond motifs is 1. The van der Waals surface area contributed by atoms with Crippen LogP contribution in [-0.2, 0) is 14.8 Å². The number of H-pyrrole nitrogens is 1. The van der Waals surface area contributed by atoms with Crippen LogP contribution in [0.5, 0.6) is 0 Å². The zero-order chi connectivity index (χ0) is 23.8. The number of rotatable bonds is 7. The fraction of sp³-hybridized carbons (Fsp3) is 0.500. The van der Waals surface area contributed by atoms with Gasteiger partial charge in [-0.05, 0) is 49.9 Å². The summed E-state index contributed by atoms with van der Waals surface area (Å²) in [5, 5.41) is 7.37. The Balaban J connectivity index is 1.19. The van der Waals surface area contributed by atoms with Gasteiger partial charge in [-0.25, -0.2) is 8.42 Å². The summed E-state index contributed by atoms with van der Waals surface area (Å²) in [4.78, 5) is 14.8. The van der Waals surface area contributed by atoms with Crippen LogP contribution in [0.3, 0.4) is 0 Å². The number of nitrogens with zero attached hydrogens (tertiary/aromatic N) is 4. The largest absolute Gasteiger partial charge is 0.378 e. The zero-order valence-corrected chi connectivity index (χ0v) is 20.4. The number of benzene rings is 1. The summed E-state index contributed by atoms with van der Waals surface area (Å²) in [6.45, 7) is 4.35. The molecular weight excluding hydrogens is 466 g/mol. The van der Waals surface area contributed by atoms with Crippen molar-refractivity contribution in [3.63, 3.8) is 0 Å². The van der Waals surface area contributed by atoms with Crippen LogP contribution in [0.4, 0.5) is 23.1 Å². The molecule has 35 heavy (non-hydrogen) atoms. The molecule has 3 fully saturated rings. The van der Waals surface area contributed by atoms with Crippen molar-refractivity contribution in [2.75, 3.05) is 54.9 Å². The van der Waals surface area contributed by atoms with Crippen molar-refractivity contribution >= 4 is 44.2 Å². The first-order valence-corrected chi connectivity index (χ1v) is 13.8. The van der Waals surface area contributed by atoms with Gasteiger partial charge < -0.3 is 25.3 Å². The van der Waals surface area contributed by atoms with Crippen molar-refractivity contribution in [3.05, 3.63) is 36.5 Å². The minimum absolute atomic E-state index is 0.0145. The third-order valence-corrected chi connectivity index (χ3v) is 9.23. The van der Waals surface area contributed by atoms with Crippen LogP contribution < -0.4 is 15.5 Å². The Bertz CT molecular complexity index is 1280. The van der Waals surface area contributed by atoms with Crippen LogP contribution >= 0.6 is 0 Å². The minimum Gasteiger partial charge on any atom is -0.378 e. The van der Waals surface area contributed by atoms with Crippen LogP contribution in [0.2, 0.25) is 0 Å². The highest BCUT2D eigenvalue weighted by molar-refractivity contribution is 7.90. The van der Waals surface area contributed by atoms with Gasteiger partial charge in [0.15, 0.2) is 0 Å². The molecule has 1 aromatic carbocycles. The Morgan fingerprint density at radius 1 is 1.06 bits per heavy atom. The molecule has 11 heteroatoms. The van der Waals surface area contributed by atoms with Gasteiger partial charge in [-0.3, -0.25) is 0 Å². The topological polar surface area (TPSA) is 115 Å². The molecule has 6 rings (SSSR count). The number of aromatic nitrogens is 3. The summed E-state index contributed by atoms with van der Waals surface area (Å²) in [7, 11) is -3.18. The quantitative estimate of drug-likeness (QED) is 0.457. The molecule has 1 aliphatic carbocycles. The molecule has 2 saturated heterocycles. The normalized spacial score (nSPS) is 21.8. The van der Waals surface area contributed by atoms with E-state index in [1.165, 1.54) is 5.69 Å². The molecule has 3 aliphatic rings. The highest BCUT2D eigenvalue weighted by atomic mass is 32.2. The third kappa shape index (κ3) is 4.80. The van der Waals surface area contributed by atoms with Crippen molar-refractivity contribution in [3.8, 4) is 0 Å². The second kappa shape index (κ2) is 9.29. The van der Waals surface area contributed by atoms with Crippen molar-refractivity contribution in [2.24, 2.45) is 0 Å². The van der Waals surface area contributed by atoms with Crippen molar-refractivity contribution in [2.45, 2.75) is 37.0 Å². The first-order chi connectivity index (χ1) is 17.1. The molecule has 0 bridgehead atoms. The molecule has 1 radical (unpaired) electrons. The lowest BCUT2D eigenvalue weighted by molar-refractivity contribution is 0.122. The summed E-state index contributed by atoms with van der Waals surface area (Å²) < 4.78 is 32.6. The maximum absolute atomic E-state index is 12.7. The molecule has 185 valence electrons. The molecule has 0 unspecified atom stereocenters. The maximum atomic E-state index is 12.7.